The summed E-state index contributed by atoms with van der Waals surface area (Å²) >= 11 is 2.16. The summed E-state index contributed by atoms with van der Waals surface area (Å²) in [7, 11) is 0. The molecule has 88 valence electrons. The number of halogens is 1. The molecule has 17 heavy (non-hydrogen) atoms. The summed E-state index contributed by atoms with van der Waals surface area (Å²) in [4.78, 5) is 19.0. The van der Waals surface area contributed by atoms with Gasteiger partial charge < -0.3 is 10.3 Å². The van der Waals surface area contributed by atoms with E-state index in [0.717, 1.165) is 9.26 Å². The first-order chi connectivity index (χ1) is 8.16. The van der Waals surface area contributed by atoms with Crippen LogP contribution in [0.4, 0.5) is 0 Å². The third-order valence-electron chi connectivity index (χ3n) is 2.37. The van der Waals surface area contributed by atoms with Crippen LogP contribution in [-0.4, -0.2) is 15.9 Å². The fourth-order valence-corrected chi connectivity index (χ4v) is 1.95. The zero-order chi connectivity index (χ0) is 12.3. The molecule has 0 unspecified atom stereocenters. The molecule has 2 aromatic rings. The minimum atomic E-state index is -0.119. The molecule has 0 aliphatic heterocycles. The van der Waals surface area contributed by atoms with E-state index < -0.39 is 0 Å². The number of hydrogen-bond donors (Lipinski definition) is 2. The number of rotatable bonds is 3. The Balaban J connectivity index is 2.04. The van der Waals surface area contributed by atoms with E-state index >= 15 is 0 Å². The summed E-state index contributed by atoms with van der Waals surface area (Å²) in [6, 6.07) is 7.35. The van der Waals surface area contributed by atoms with Crippen molar-refractivity contribution in [2.24, 2.45) is 0 Å². The van der Waals surface area contributed by atoms with Crippen molar-refractivity contribution >= 4 is 28.5 Å². The van der Waals surface area contributed by atoms with Crippen LogP contribution in [0, 0.1) is 3.57 Å². The van der Waals surface area contributed by atoms with Gasteiger partial charge in [-0.25, -0.2) is 0 Å². The molecule has 0 radical (unpaired) electrons. The van der Waals surface area contributed by atoms with E-state index in [9.17, 15) is 4.79 Å². The summed E-state index contributed by atoms with van der Waals surface area (Å²) in [5.74, 6) is -0.119. The summed E-state index contributed by atoms with van der Waals surface area (Å²) < 4.78 is 1.01. The number of pyridine rings is 1. The first kappa shape index (κ1) is 12.1. The van der Waals surface area contributed by atoms with E-state index in [1.807, 2.05) is 25.1 Å². The zero-order valence-electron chi connectivity index (χ0n) is 9.27. The second-order valence-electron chi connectivity index (χ2n) is 3.68. The molecule has 4 nitrogen and oxygen atoms in total. The molecule has 0 fully saturated rings. The molecule has 2 aromatic heterocycles. The zero-order valence-corrected chi connectivity index (χ0v) is 11.4. The smallest absolute Gasteiger partial charge is 0.268 e. The maximum absolute atomic E-state index is 11.9. The highest BCUT2D eigenvalue weighted by atomic mass is 127. The molecule has 1 amide bonds. The van der Waals surface area contributed by atoms with Gasteiger partial charge in [0.2, 0.25) is 0 Å². The molecule has 0 aliphatic carbocycles. The van der Waals surface area contributed by atoms with Gasteiger partial charge in [0.05, 0.1) is 11.7 Å². The van der Waals surface area contributed by atoms with Gasteiger partial charge in [0.15, 0.2) is 0 Å². The molecule has 0 aliphatic rings. The fraction of sp³-hybridized carbons (Fsp3) is 0.167. The predicted molar refractivity (Wildman–Crippen MR) is 73.6 cm³/mol. The molecule has 0 bridgehead atoms. The van der Waals surface area contributed by atoms with Crippen LogP contribution < -0.4 is 5.32 Å². The monoisotopic (exact) mass is 341 g/mol. The number of nitrogens with one attached hydrogen (secondary N) is 2. The van der Waals surface area contributed by atoms with Gasteiger partial charge in [0.25, 0.3) is 5.91 Å². The molecule has 0 saturated carbocycles. The Kier molecular flexibility index (Phi) is 3.78. The summed E-state index contributed by atoms with van der Waals surface area (Å²) in [6.07, 6.45) is 3.51. The van der Waals surface area contributed by atoms with E-state index in [-0.39, 0.29) is 11.9 Å². The number of carbonyl (C=O) groups excluding carboxylic acids is 1. The normalized spacial score (nSPS) is 12.1. The van der Waals surface area contributed by atoms with Gasteiger partial charge in [-0.3, -0.25) is 9.78 Å². The van der Waals surface area contributed by atoms with Crippen molar-refractivity contribution in [1.29, 1.82) is 0 Å². The maximum atomic E-state index is 11.9. The fourth-order valence-electron chi connectivity index (χ4n) is 1.48. The lowest BCUT2D eigenvalue weighted by Gasteiger charge is -2.12. The van der Waals surface area contributed by atoms with Crippen molar-refractivity contribution in [2.75, 3.05) is 0 Å². The number of hydrogen-bond acceptors (Lipinski definition) is 2. The molecule has 2 rings (SSSR count). The number of H-pyrrole nitrogens is 1. The van der Waals surface area contributed by atoms with Gasteiger partial charge >= 0.3 is 0 Å². The van der Waals surface area contributed by atoms with E-state index in [1.165, 1.54) is 0 Å². The van der Waals surface area contributed by atoms with Crippen LogP contribution in [0.25, 0.3) is 0 Å². The summed E-state index contributed by atoms with van der Waals surface area (Å²) in [6.45, 7) is 1.91. The van der Waals surface area contributed by atoms with Gasteiger partial charge in [-0.15, -0.1) is 0 Å². The van der Waals surface area contributed by atoms with Gasteiger partial charge in [-0.05, 0) is 47.7 Å². The number of nitrogens with zero attached hydrogens (tertiary/aromatic N) is 1. The lowest BCUT2D eigenvalue weighted by Crippen LogP contribution is -2.27. The Hall–Kier alpha value is -1.37. The standard InChI is InChI=1S/C12H12IN3O/c1-8(10-4-2-3-5-14-10)16-12(17)11-6-9(13)7-15-11/h2-8,15H,1H3,(H,16,17)/t8-/m0/s1. The third-order valence-corrected chi connectivity index (χ3v) is 2.99. The van der Waals surface area contributed by atoms with Crippen molar-refractivity contribution in [3.05, 3.63) is 51.6 Å². The molecular weight excluding hydrogens is 329 g/mol. The molecule has 0 aromatic carbocycles. The second kappa shape index (κ2) is 5.31. The predicted octanol–water partition coefficient (Wildman–Crippen LogP) is 2.51. The van der Waals surface area contributed by atoms with Crippen molar-refractivity contribution < 1.29 is 4.79 Å². The quantitative estimate of drug-likeness (QED) is 0.843. The number of carbonyl (C=O) groups is 1. The minimum absolute atomic E-state index is 0.107. The first-order valence-corrected chi connectivity index (χ1v) is 6.30. The Bertz CT molecular complexity index is 509. The van der Waals surface area contributed by atoms with Crippen LogP contribution >= 0.6 is 22.6 Å². The highest BCUT2D eigenvalue weighted by molar-refractivity contribution is 14.1. The first-order valence-electron chi connectivity index (χ1n) is 5.22. The van der Waals surface area contributed by atoms with Crippen molar-refractivity contribution in [1.82, 2.24) is 15.3 Å². The van der Waals surface area contributed by atoms with E-state index in [0.29, 0.717) is 5.69 Å². The largest absolute Gasteiger partial charge is 0.356 e. The number of amides is 1. The highest BCUT2D eigenvalue weighted by Gasteiger charge is 2.13. The van der Waals surface area contributed by atoms with E-state index in [4.69, 9.17) is 0 Å². The highest BCUT2D eigenvalue weighted by Crippen LogP contribution is 2.10. The van der Waals surface area contributed by atoms with Crippen molar-refractivity contribution in [2.45, 2.75) is 13.0 Å². The van der Waals surface area contributed by atoms with E-state index in [2.05, 4.69) is 37.9 Å². The molecule has 5 heteroatoms. The van der Waals surface area contributed by atoms with Gasteiger partial charge in [0.1, 0.15) is 5.69 Å². The SMILES string of the molecule is C[C@H](NC(=O)c1cc(I)c[nH]1)c1ccccn1. The molecular formula is C12H12IN3O. The van der Waals surface area contributed by atoms with Gasteiger partial charge in [0, 0.05) is 16.0 Å². The molecule has 2 heterocycles. The molecule has 0 saturated heterocycles. The van der Waals surface area contributed by atoms with Crippen LogP contribution in [0.1, 0.15) is 29.1 Å². The second-order valence-corrected chi connectivity index (χ2v) is 4.93. The van der Waals surface area contributed by atoms with Crippen LogP contribution in [0.2, 0.25) is 0 Å². The van der Waals surface area contributed by atoms with Crippen LogP contribution in [0.3, 0.4) is 0 Å². The lowest BCUT2D eigenvalue weighted by atomic mass is 10.2. The lowest BCUT2D eigenvalue weighted by molar-refractivity contribution is 0.0934. The Morgan fingerprint density at radius 3 is 2.94 bits per heavy atom. The third kappa shape index (κ3) is 3.06. The molecule has 2 N–H and O–H groups in total. The Morgan fingerprint density at radius 2 is 2.35 bits per heavy atom. The number of aromatic amines is 1. The van der Waals surface area contributed by atoms with Gasteiger partial charge in [-0.1, -0.05) is 6.07 Å². The van der Waals surface area contributed by atoms with E-state index in [1.54, 1.807) is 18.5 Å². The summed E-state index contributed by atoms with van der Waals surface area (Å²) in [5.41, 5.74) is 1.42. The molecule has 1 atom stereocenters. The maximum Gasteiger partial charge on any atom is 0.268 e. The van der Waals surface area contributed by atoms with Crippen molar-refractivity contribution in [3.63, 3.8) is 0 Å². The van der Waals surface area contributed by atoms with Crippen LogP contribution in [-0.2, 0) is 0 Å². The van der Waals surface area contributed by atoms with Crippen LogP contribution in [0.15, 0.2) is 36.7 Å². The molecule has 0 spiro atoms. The Morgan fingerprint density at radius 1 is 1.53 bits per heavy atom. The van der Waals surface area contributed by atoms with Crippen LogP contribution in [0.5, 0.6) is 0 Å². The van der Waals surface area contributed by atoms with Gasteiger partial charge in [-0.2, -0.15) is 0 Å². The topological polar surface area (TPSA) is 57.8 Å². The number of aromatic nitrogens is 2. The average Bonchev–Trinajstić information content (AvgIpc) is 2.77. The summed E-state index contributed by atoms with van der Waals surface area (Å²) in [5, 5.41) is 2.89. The minimum Gasteiger partial charge on any atom is -0.356 e. The Labute approximate surface area is 113 Å². The van der Waals surface area contributed by atoms with Crippen molar-refractivity contribution in [3.8, 4) is 0 Å². The average molecular weight is 341 g/mol.